The van der Waals surface area contributed by atoms with Gasteiger partial charge in [-0.2, -0.15) is 0 Å². The summed E-state index contributed by atoms with van der Waals surface area (Å²) in [5, 5.41) is 0.655. The molecule has 0 saturated carbocycles. The predicted molar refractivity (Wildman–Crippen MR) is 73.7 cm³/mol. The van der Waals surface area contributed by atoms with Crippen molar-refractivity contribution in [3.05, 3.63) is 11.1 Å². The summed E-state index contributed by atoms with van der Waals surface area (Å²) in [7, 11) is 2.13. The lowest BCUT2D eigenvalue weighted by Crippen LogP contribution is -2.22. The Kier molecular flexibility index (Phi) is 6.19. The Morgan fingerprint density at radius 1 is 1.65 bits per heavy atom. The van der Waals surface area contributed by atoms with Crippen molar-refractivity contribution in [3.8, 4) is 0 Å². The smallest absolute Gasteiger partial charge is 0.180 e. The zero-order chi connectivity index (χ0) is 11.4. The summed E-state index contributed by atoms with van der Waals surface area (Å²) >= 11 is 1.57. The second-order valence-electron chi connectivity index (χ2n) is 4.33. The lowest BCUT2D eigenvalue weighted by Gasteiger charge is -2.17. The average molecular weight is 278 g/mol. The third-order valence-electron chi connectivity index (χ3n) is 2.85. The number of hydrogen-bond acceptors (Lipinski definition) is 5. The Labute approximate surface area is 113 Å². The van der Waals surface area contributed by atoms with Crippen molar-refractivity contribution < 1.29 is 4.74 Å². The number of nitrogens with zero attached hydrogens (tertiary/aromatic N) is 2. The molecule has 0 bridgehead atoms. The summed E-state index contributed by atoms with van der Waals surface area (Å²) in [6.07, 6.45) is 5.92. The molecule has 1 saturated heterocycles. The highest BCUT2D eigenvalue weighted by Crippen LogP contribution is 2.18. The zero-order valence-corrected chi connectivity index (χ0v) is 11.7. The first-order valence-corrected chi connectivity index (χ1v) is 6.56. The van der Waals surface area contributed by atoms with Crippen LogP contribution < -0.4 is 5.73 Å². The summed E-state index contributed by atoms with van der Waals surface area (Å²) in [6.45, 7) is 2.95. The van der Waals surface area contributed by atoms with Gasteiger partial charge in [-0.1, -0.05) is 0 Å². The van der Waals surface area contributed by atoms with E-state index in [2.05, 4.69) is 16.9 Å². The summed E-state index contributed by atoms with van der Waals surface area (Å²) < 4.78 is 5.60. The van der Waals surface area contributed by atoms with Crippen LogP contribution in [0.15, 0.2) is 6.20 Å². The second-order valence-corrected chi connectivity index (χ2v) is 5.47. The van der Waals surface area contributed by atoms with Crippen molar-refractivity contribution in [2.24, 2.45) is 0 Å². The van der Waals surface area contributed by atoms with Crippen LogP contribution in [0.2, 0.25) is 0 Å². The molecule has 0 radical (unpaired) electrons. The Morgan fingerprint density at radius 3 is 3.06 bits per heavy atom. The van der Waals surface area contributed by atoms with Gasteiger partial charge in [0.15, 0.2) is 5.13 Å². The fraction of sp³-hybridized carbons (Fsp3) is 0.727. The highest BCUT2D eigenvalue weighted by molar-refractivity contribution is 7.15. The van der Waals surface area contributed by atoms with Crippen LogP contribution in [0, 0.1) is 0 Å². The predicted octanol–water partition coefficient (Wildman–Crippen LogP) is 2.15. The summed E-state index contributed by atoms with van der Waals surface area (Å²) in [6, 6.07) is 0. The van der Waals surface area contributed by atoms with Crippen molar-refractivity contribution in [3.63, 3.8) is 0 Å². The van der Waals surface area contributed by atoms with Crippen molar-refractivity contribution in [2.75, 3.05) is 25.9 Å². The van der Waals surface area contributed by atoms with Crippen LogP contribution in [0.3, 0.4) is 0 Å². The SMILES string of the molecule is CN(CCC1CCCO1)Cc1cnc(N)s1.Cl. The monoisotopic (exact) mass is 277 g/mol. The Morgan fingerprint density at radius 2 is 2.47 bits per heavy atom. The number of ether oxygens (including phenoxy) is 1. The van der Waals surface area contributed by atoms with Gasteiger partial charge in [-0.05, 0) is 26.3 Å². The number of aromatic nitrogens is 1. The van der Waals surface area contributed by atoms with Crippen LogP contribution in [-0.2, 0) is 11.3 Å². The maximum absolute atomic E-state index is 5.60. The van der Waals surface area contributed by atoms with Crippen LogP contribution in [-0.4, -0.2) is 36.2 Å². The molecule has 1 aliphatic heterocycles. The highest BCUT2D eigenvalue weighted by Gasteiger charge is 2.15. The summed E-state index contributed by atoms with van der Waals surface area (Å²) in [4.78, 5) is 7.58. The molecule has 0 spiro atoms. The second kappa shape index (κ2) is 7.16. The number of anilines is 1. The summed E-state index contributed by atoms with van der Waals surface area (Å²) in [5.74, 6) is 0. The van der Waals surface area contributed by atoms with Gasteiger partial charge in [0.1, 0.15) is 0 Å². The number of nitrogen functional groups attached to an aromatic ring is 1. The maximum atomic E-state index is 5.60. The number of rotatable bonds is 5. The van der Waals surface area contributed by atoms with Crippen molar-refractivity contribution >= 4 is 28.9 Å². The first-order chi connectivity index (χ1) is 7.74. The van der Waals surface area contributed by atoms with E-state index in [0.29, 0.717) is 11.2 Å². The van der Waals surface area contributed by atoms with Gasteiger partial charge in [0, 0.05) is 30.8 Å². The maximum Gasteiger partial charge on any atom is 0.180 e. The minimum Gasteiger partial charge on any atom is -0.378 e. The quantitative estimate of drug-likeness (QED) is 0.896. The molecule has 1 aromatic rings. The minimum absolute atomic E-state index is 0. The van der Waals surface area contributed by atoms with E-state index in [1.165, 1.54) is 17.7 Å². The lowest BCUT2D eigenvalue weighted by molar-refractivity contribution is 0.0945. The normalized spacial score (nSPS) is 19.5. The molecule has 4 nitrogen and oxygen atoms in total. The molecule has 2 rings (SSSR count). The van der Waals surface area contributed by atoms with Crippen LogP contribution in [0.25, 0.3) is 0 Å². The molecule has 98 valence electrons. The standard InChI is InChI=1S/C11H19N3OS.ClH/c1-14(5-4-9-3-2-6-15-9)8-10-7-13-11(12)16-10;/h7,9H,2-6,8H2,1H3,(H2,12,13);1H. The molecule has 1 atom stereocenters. The number of halogens is 1. The van der Waals surface area contributed by atoms with E-state index in [0.717, 1.165) is 26.1 Å². The molecule has 2 heterocycles. The van der Waals surface area contributed by atoms with Crippen LogP contribution in [0.4, 0.5) is 5.13 Å². The van der Waals surface area contributed by atoms with Gasteiger partial charge in [0.2, 0.25) is 0 Å². The van der Waals surface area contributed by atoms with E-state index < -0.39 is 0 Å². The third kappa shape index (κ3) is 4.79. The Hall–Kier alpha value is -0.360. The first-order valence-electron chi connectivity index (χ1n) is 5.74. The van der Waals surface area contributed by atoms with E-state index in [1.807, 2.05) is 6.20 Å². The van der Waals surface area contributed by atoms with Gasteiger partial charge >= 0.3 is 0 Å². The van der Waals surface area contributed by atoms with Gasteiger partial charge < -0.3 is 15.4 Å². The summed E-state index contributed by atoms with van der Waals surface area (Å²) in [5.41, 5.74) is 5.60. The average Bonchev–Trinajstić information content (AvgIpc) is 2.87. The fourth-order valence-corrected chi connectivity index (χ4v) is 2.74. The molecule has 1 aliphatic rings. The molecule has 17 heavy (non-hydrogen) atoms. The van der Waals surface area contributed by atoms with E-state index >= 15 is 0 Å². The first kappa shape index (κ1) is 14.7. The lowest BCUT2D eigenvalue weighted by atomic mass is 10.2. The molecule has 1 fully saturated rings. The van der Waals surface area contributed by atoms with E-state index in [1.54, 1.807) is 11.3 Å². The number of thiazole rings is 1. The van der Waals surface area contributed by atoms with Crippen LogP contribution in [0.5, 0.6) is 0 Å². The molecule has 6 heteroatoms. The molecular weight excluding hydrogens is 258 g/mol. The topological polar surface area (TPSA) is 51.4 Å². The molecule has 2 N–H and O–H groups in total. The number of nitrogens with two attached hydrogens (primary N) is 1. The van der Waals surface area contributed by atoms with Gasteiger partial charge in [-0.25, -0.2) is 4.98 Å². The van der Waals surface area contributed by atoms with E-state index in [4.69, 9.17) is 10.5 Å². The number of hydrogen-bond donors (Lipinski definition) is 1. The van der Waals surface area contributed by atoms with Gasteiger partial charge in [-0.15, -0.1) is 23.7 Å². The third-order valence-corrected chi connectivity index (χ3v) is 3.67. The van der Waals surface area contributed by atoms with Crippen molar-refractivity contribution in [1.82, 2.24) is 9.88 Å². The van der Waals surface area contributed by atoms with Crippen molar-refractivity contribution in [1.29, 1.82) is 0 Å². The van der Waals surface area contributed by atoms with Crippen LogP contribution in [0.1, 0.15) is 24.1 Å². The molecule has 1 aromatic heterocycles. The van der Waals surface area contributed by atoms with Gasteiger partial charge in [0.05, 0.1) is 6.10 Å². The molecule has 0 amide bonds. The Balaban J connectivity index is 0.00000144. The van der Waals surface area contributed by atoms with E-state index in [-0.39, 0.29) is 12.4 Å². The Bertz CT molecular complexity index is 328. The molecular formula is C11H20ClN3OS. The fourth-order valence-electron chi connectivity index (χ4n) is 1.98. The van der Waals surface area contributed by atoms with Gasteiger partial charge in [-0.3, -0.25) is 0 Å². The largest absolute Gasteiger partial charge is 0.378 e. The minimum atomic E-state index is 0. The zero-order valence-electron chi connectivity index (χ0n) is 10.1. The highest BCUT2D eigenvalue weighted by atomic mass is 35.5. The van der Waals surface area contributed by atoms with Crippen LogP contribution >= 0.6 is 23.7 Å². The van der Waals surface area contributed by atoms with E-state index in [9.17, 15) is 0 Å². The van der Waals surface area contributed by atoms with Gasteiger partial charge in [0.25, 0.3) is 0 Å². The molecule has 0 aromatic carbocycles. The van der Waals surface area contributed by atoms with Crippen molar-refractivity contribution in [2.45, 2.75) is 31.9 Å². The molecule has 1 unspecified atom stereocenters. The molecule has 0 aliphatic carbocycles.